The van der Waals surface area contributed by atoms with Crippen LogP contribution in [0.3, 0.4) is 0 Å². The van der Waals surface area contributed by atoms with Gasteiger partial charge >= 0.3 is 0 Å². The molecule has 1 rings (SSSR count). The first-order valence-electron chi connectivity index (χ1n) is 4.17. The average Bonchev–Trinajstić information content (AvgIpc) is 2.49. The zero-order valence-corrected chi connectivity index (χ0v) is 10.2. The minimum absolute atomic E-state index is 0.211. The topological polar surface area (TPSA) is 23.5 Å². The van der Waals surface area contributed by atoms with Crippen molar-refractivity contribution in [3.63, 3.8) is 0 Å². The highest BCUT2D eigenvalue weighted by atomic mass is 79.9. The van der Waals surface area contributed by atoms with Crippen molar-refractivity contribution in [2.45, 2.75) is 19.5 Å². The predicted molar refractivity (Wildman–Crippen MR) is 60.0 cm³/mol. The number of hydrogen-bond acceptors (Lipinski definition) is 3. The maximum absolute atomic E-state index is 8.94. The van der Waals surface area contributed by atoms with Crippen LogP contribution in [-0.4, -0.2) is 29.7 Å². The summed E-state index contributed by atoms with van der Waals surface area (Å²) in [7, 11) is 2.02. The van der Waals surface area contributed by atoms with Crippen LogP contribution in [0.15, 0.2) is 15.9 Å². The maximum atomic E-state index is 8.94. The van der Waals surface area contributed by atoms with Crippen LogP contribution in [0.2, 0.25) is 0 Å². The second-order valence-corrected chi connectivity index (χ2v) is 5.09. The summed E-state index contributed by atoms with van der Waals surface area (Å²) in [5, 5.41) is 11.0. The third kappa shape index (κ3) is 3.38. The molecule has 0 aliphatic heterocycles. The Kier molecular flexibility index (Phi) is 4.38. The SMILES string of the molecule is CC(CO)N(C)Cc1cc(Br)cs1. The van der Waals surface area contributed by atoms with E-state index in [1.54, 1.807) is 11.3 Å². The van der Waals surface area contributed by atoms with Crippen LogP contribution < -0.4 is 0 Å². The summed E-state index contributed by atoms with van der Waals surface area (Å²) in [4.78, 5) is 3.45. The zero-order valence-electron chi connectivity index (χ0n) is 7.83. The fourth-order valence-electron chi connectivity index (χ4n) is 0.978. The Hall–Kier alpha value is 0.1000. The molecule has 4 heteroatoms. The van der Waals surface area contributed by atoms with Crippen molar-refractivity contribution in [3.8, 4) is 0 Å². The molecule has 1 atom stereocenters. The second-order valence-electron chi connectivity index (χ2n) is 3.18. The quantitative estimate of drug-likeness (QED) is 0.902. The number of halogens is 1. The summed E-state index contributed by atoms with van der Waals surface area (Å²) in [5.41, 5.74) is 0. The van der Waals surface area contributed by atoms with Gasteiger partial charge in [-0.05, 0) is 36.0 Å². The standard InChI is InChI=1S/C9H14BrNOS/c1-7(5-12)11(2)4-9-3-8(10)6-13-9/h3,6-7,12H,4-5H2,1-2H3. The number of thiophene rings is 1. The molecule has 0 fully saturated rings. The Morgan fingerprint density at radius 3 is 2.85 bits per heavy atom. The van der Waals surface area contributed by atoms with Crippen LogP contribution in [0.1, 0.15) is 11.8 Å². The first kappa shape index (κ1) is 11.2. The average molecular weight is 264 g/mol. The largest absolute Gasteiger partial charge is 0.395 e. The predicted octanol–water partition coefficient (Wildman–Crippen LogP) is 2.32. The molecule has 0 radical (unpaired) electrons. The first-order valence-corrected chi connectivity index (χ1v) is 5.84. The molecule has 0 spiro atoms. The molecule has 1 heterocycles. The van der Waals surface area contributed by atoms with Gasteiger partial charge in [-0.2, -0.15) is 0 Å². The molecule has 13 heavy (non-hydrogen) atoms. The third-order valence-corrected chi connectivity index (χ3v) is 3.73. The van der Waals surface area contributed by atoms with E-state index in [0.29, 0.717) is 0 Å². The van der Waals surface area contributed by atoms with Crippen LogP contribution in [-0.2, 0) is 6.54 Å². The van der Waals surface area contributed by atoms with E-state index < -0.39 is 0 Å². The molecule has 0 amide bonds. The third-order valence-electron chi connectivity index (χ3n) is 2.04. The molecule has 0 saturated heterocycles. The van der Waals surface area contributed by atoms with E-state index in [9.17, 15) is 0 Å². The summed E-state index contributed by atoms with van der Waals surface area (Å²) in [6.07, 6.45) is 0. The Labute approximate surface area is 91.3 Å². The van der Waals surface area contributed by atoms with Gasteiger partial charge in [0.2, 0.25) is 0 Å². The molecule has 1 N–H and O–H groups in total. The van der Waals surface area contributed by atoms with Gasteiger partial charge in [-0.1, -0.05) is 0 Å². The van der Waals surface area contributed by atoms with E-state index in [1.807, 2.05) is 14.0 Å². The van der Waals surface area contributed by atoms with Gasteiger partial charge in [0, 0.05) is 27.3 Å². The van der Waals surface area contributed by atoms with E-state index in [1.165, 1.54) is 4.88 Å². The van der Waals surface area contributed by atoms with Crippen LogP contribution in [0, 0.1) is 0 Å². The second kappa shape index (κ2) is 5.10. The monoisotopic (exact) mass is 263 g/mol. The summed E-state index contributed by atoms with van der Waals surface area (Å²) in [6.45, 7) is 3.13. The molecular weight excluding hydrogens is 250 g/mol. The lowest BCUT2D eigenvalue weighted by molar-refractivity contribution is 0.155. The van der Waals surface area contributed by atoms with Crippen molar-refractivity contribution >= 4 is 27.3 Å². The first-order chi connectivity index (χ1) is 6.13. The lowest BCUT2D eigenvalue weighted by atomic mass is 10.3. The molecular formula is C9H14BrNOS. The summed E-state index contributed by atoms with van der Waals surface area (Å²) in [5.74, 6) is 0. The molecule has 0 aliphatic rings. The molecule has 74 valence electrons. The minimum atomic E-state index is 0.211. The smallest absolute Gasteiger partial charge is 0.0584 e. The van der Waals surface area contributed by atoms with Crippen molar-refractivity contribution in [3.05, 3.63) is 20.8 Å². The number of hydrogen-bond donors (Lipinski definition) is 1. The van der Waals surface area contributed by atoms with Crippen molar-refractivity contribution in [1.29, 1.82) is 0 Å². The summed E-state index contributed by atoms with van der Waals surface area (Å²) in [6, 6.07) is 2.34. The van der Waals surface area contributed by atoms with Gasteiger partial charge in [-0.3, -0.25) is 4.90 Å². The fourth-order valence-corrected chi connectivity index (χ4v) is 2.49. The van der Waals surface area contributed by atoms with Crippen molar-refractivity contribution in [2.75, 3.05) is 13.7 Å². The van der Waals surface area contributed by atoms with Crippen molar-refractivity contribution in [1.82, 2.24) is 4.90 Å². The zero-order chi connectivity index (χ0) is 9.84. The molecule has 0 aliphatic carbocycles. The fraction of sp³-hybridized carbons (Fsp3) is 0.556. The van der Waals surface area contributed by atoms with E-state index in [4.69, 9.17) is 5.11 Å². The molecule has 0 bridgehead atoms. The lowest BCUT2D eigenvalue weighted by Crippen LogP contribution is -2.31. The summed E-state index contributed by atoms with van der Waals surface area (Å²) >= 11 is 5.15. The Morgan fingerprint density at radius 2 is 2.38 bits per heavy atom. The molecule has 1 aromatic rings. The van der Waals surface area contributed by atoms with Crippen LogP contribution in [0.4, 0.5) is 0 Å². The number of likely N-dealkylation sites (N-methyl/N-ethyl adjacent to an activating group) is 1. The van der Waals surface area contributed by atoms with Gasteiger partial charge < -0.3 is 5.11 Å². The molecule has 1 aromatic heterocycles. The van der Waals surface area contributed by atoms with Gasteiger partial charge in [-0.25, -0.2) is 0 Å². The number of nitrogens with zero attached hydrogens (tertiary/aromatic N) is 1. The van der Waals surface area contributed by atoms with Crippen molar-refractivity contribution in [2.24, 2.45) is 0 Å². The highest BCUT2D eigenvalue weighted by Crippen LogP contribution is 2.21. The van der Waals surface area contributed by atoms with Gasteiger partial charge in [0.05, 0.1) is 6.61 Å². The summed E-state index contributed by atoms with van der Waals surface area (Å²) < 4.78 is 1.14. The number of aliphatic hydroxyl groups excluding tert-OH is 1. The number of aliphatic hydroxyl groups is 1. The highest BCUT2D eigenvalue weighted by Gasteiger charge is 2.08. The van der Waals surface area contributed by atoms with Crippen LogP contribution in [0.25, 0.3) is 0 Å². The van der Waals surface area contributed by atoms with E-state index >= 15 is 0 Å². The number of rotatable bonds is 4. The molecule has 1 unspecified atom stereocenters. The van der Waals surface area contributed by atoms with Crippen molar-refractivity contribution < 1.29 is 5.11 Å². The lowest BCUT2D eigenvalue weighted by Gasteiger charge is -2.21. The van der Waals surface area contributed by atoms with E-state index in [0.717, 1.165) is 11.0 Å². The van der Waals surface area contributed by atoms with Crippen LogP contribution in [0.5, 0.6) is 0 Å². The molecule has 0 aromatic carbocycles. The molecule has 0 saturated carbocycles. The van der Waals surface area contributed by atoms with Gasteiger partial charge in [0.15, 0.2) is 0 Å². The van der Waals surface area contributed by atoms with E-state index in [2.05, 4.69) is 32.3 Å². The normalized spacial score (nSPS) is 13.6. The Morgan fingerprint density at radius 1 is 1.69 bits per heavy atom. The van der Waals surface area contributed by atoms with Gasteiger partial charge in [-0.15, -0.1) is 11.3 Å². The Balaban J connectivity index is 2.49. The van der Waals surface area contributed by atoms with E-state index in [-0.39, 0.29) is 12.6 Å². The minimum Gasteiger partial charge on any atom is -0.395 e. The van der Waals surface area contributed by atoms with Gasteiger partial charge in [0.25, 0.3) is 0 Å². The maximum Gasteiger partial charge on any atom is 0.0584 e. The van der Waals surface area contributed by atoms with Gasteiger partial charge in [0.1, 0.15) is 0 Å². The Bertz CT molecular complexity index is 264. The molecule has 2 nitrogen and oxygen atoms in total. The van der Waals surface area contributed by atoms with Crippen LogP contribution >= 0.6 is 27.3 Å². The highest BCUT2D eigenvalue weighted by molar-refractivity contribution is 9.10.